The molecule has 0 aliphatic heterocycles. The van der Waals surface area contributed by atoms with Crippen LogP contribution in [0.15, 0.2) is 42.7 Å². The smallest absolute Gasteiger partial charge is 0.152 e. The predicted octanol–water partition coefficient (Wildman–Crippen LogP) is 2.17. The number of nitrogens with zero attached hydrogens (tertiary/aromatic N) is 2. The van der Waals surface area contributed by atoms with Crippen molar-refractivity contribution < 1.29 is 8.42 Å². The molecule has 21 heavy (non-hydrogen) atoms. The first-order valence-corrected chi connectivity index (χ1v) is 8.84. The Labute approximate surface area is 125 Å². The number of nitrogens with one attached hydrogen (secondary N) is 1. The molecule has 0 bridgehead atoms. The summed E-state index contributed by atoms with van der Waals surface area (Å²) >= 11 is 0. The zero-order valence-electron chi connectivity index (χ0n) is 12.4. The molecule has 2 rings (SSSR count). The Morgan fingerprint density at radius 1 is 1.29 bits per heavy atom. The Kier molecular flexibility index (Phi) is 5.01. The Hall–Kier alpha value is -1.82. The molecular weight excluding hydrogens is 286 g/mol. The molecule has 0 amide bonds. The fourth-order valence-electron chi connectivity index (χ4n) is 2.12. The second-order valence-electron chi connectivity index (χ2n) is 5.16. The highest BCUT2D eigenvalue weighted by molar-refractivity contribution is 7.91. The van der Waals surface area contributed by atoms with Gasteiger partial charge < -0.3 is 5.32 Å². The molecule has 0 spiro atoms. The van der Waals surface area contributed by atoms with Gasteiger partial charge in [-0.05, 0) is 12.5 Å². The van der Waals surface area contributed by atoms with Crippen molar-refractivity contribution in [3.8, 4) is 0 Å². The van der Waals surface area contributed by atoms with Crippen LogP contribution in [0.3, 0.4) is 0 Å². The van der Waals surface area contributed by atoms with Crippen LogP contribution >= 0.6 is 0 Å². The lowest BCUT2D eigenvalue weighted by Gasteiger charge is -2.12. The van der Waals surface area contributed by atoms with Crippen molar-refractivity contribution in [1.29, 1.82) is 0 Å². The largest absolute Gasteiger partial charge is 0.379 e. The Morgan fingerprint density at radius 2 is 2.00 bits per heavy atom. The number of hydrogen-bond acceptors (Lipinski definition) is 4. The Bertz CT molecular complexity index is 665. The fraction of sp³-hybridized carbons (Fsp3) is 0.400. The highest BCUT2D eigenvalue weighted by Gasteiger charge is 2.14. The van der Waals surface area contributed by atoms with Gasteiger partial charge in [0.05, 0.1) is 24.2 Å². The minimum atomic E-state index is -2.97. The molecular formula is C15H21N3O2S. The van der Waals surface area contributed by atoms with Gasteiger partial charge in [-0.1, -0.05) is 37.3 Å². The Morgan fingerprint density at radius 3 is 2.67 bits per heavy atom. The van der Waals surface area contributed by atoms with Gasteiger partial charge in [0.15, 0.2) is 9.84 Å². The van der Waals surface area contributed by atoms with Crippen molar-refractivity contribution in [1.82, 2.24) is 9.78 Å². The summed E-state index contributed by atoms with van der Waals surface area (Å²) in [5.74, 6) is 0.305. The van der Waals surface area contributed by atoms with Crippen LogP contribution in [-0.4, -0.2) is 35.7 Å². The molecule has 5 nitrogen and oxygen atoms in total. The number of benzene rings is 1. The summed E-state index contributed by atoms with van der Waals surface area (Å²) in [6.45, 7) is 4.23. The number of sulfone groups is 1. The van der Waals surface area contributed by atoms with E-state index < -0.39 is 9.84 Å². The summed E-state index contributed by atoms with van der Waals surface area (Å²) in [6.07, 6.45) is 3.61. The molecule has 0 aliphatic rings. The maximum absolute atomic E-state index is 11.6. The first-order chi connectivity index (χ1) is 9.98. The van der Waals surface area contributed by atoms with Gasteiger partial charge in [0.1, 0.15) is 0 Å². The Balaban J connectivity index is 1.94. The molecule has 0 saturated heterocycles. The van der Waals surface area contributed by atoms with Gasteiger partial charge in [0.25, 0.3) is 0 Å². The van der Waals surface area contributed by atoms with Crippen LogP contribution in [0.1, 0.15) is 19.4 Å². The third-order valence-electron chi connectivity index (χ3n) is 3.18. The predicted molar refractivity (Wildman–Crippen MR) is 85.2 cm³/mol. The molecule has 1 unspecified atom stereocenters. The molecule has 6 heteroatoms. The molecule has 1 heterocycles. The average molecular weight is 307 g/mol. The minimum absolute atomic E-state index is 0.132. The van der Waals surface area contributed by atoms with E-state index >= 15 is 0 Å². The maximum atomic E-state index is 11.6. The number of aromatic nitrogens is 2. The van der Waals surface area contributed by atoms with Crippen LogP contribution in [0, 0.1) is 0 Å². The van der Waals surface area contributed by atoms with Crippen LogP contribution in [0.25, 0.3) is 0 Å². The molecule has 114 valence electrons. The highest BCUT2D eigenvalue weighted by atomic mass is 32.2. The average Bonchev–Trinajstić information content (AvgIpc) is 2.86. The molecule has 1 atom stereocenters. The lowest BCUT2D eigenvalue weighted by molar-refractivity contribution is 0.593. The van der Waals surface area contributed by atoms with Crippen molar-refractivity contribution in [3.63, 3.8) is 0 Å². The zero-order chi connectivity index (χ0) is 15.3. The van der Waals surface area contributed by atoms with Gasteiger partial charge in [-0.15, -0.1) is 0 Å². The summed E-state index contributed by atoms with van der Waals surface area (Å²) in [4.78, 5) is 0. The third kappa shape index (κ3) is 4.90. The summed E-state index contributed by atoms with van der Waals surface area (Å²) in [5, 5.41) is 7.46. The van der Waals surface area contributed by atoms with Crippen molar-refractivity contribution in [2.24, 2.45) is 0 Å². The van der Waals surface area contributed by atoms with E-state index in [1.807, 2.05) is 48.1 Å². The second kappa shape index (κ2) is 6.76. The van der Waals surface area contributed by atoms with Gasteiger partial charge in [-0.3, -0.25) is 4.68 Å². The molecule has 0 aliphatic carbocycles. The van der Waals surface area contributed by atoms with Crippen LogP contribution in [-0.2, 0) is 16.4 Å². The van der Waals surface area contributed by atoms with Crippen molar-refractivity contribution in [3.05, 3.63) is 48.3 Å². The van der Waals surface area contributed by atoms with Gasteiger partial charge in [0.2, 0.25) is 0 Å². The van der Waals surface area contributed by atoms with Gasteiger partial charge in [0, 0.05) is 18.0 Å². The van der Waals surface area contributed by atoms with E-state index in [9.17, 15) is 8.42 Å². The van der Waals surface area contributed by atoms with E-state index in [0.717, 1.165) is 5.69 Å². The third-order valence-corrected chi connectivity index (χ3v) is 5.06. The molecule has 1 aromatic carbocycles. The molecule has 0 radical (unpaired) electrons. The quantitative estimate of drug-likeness (QED) is 0.851. The van der Waals surface area contributed by atoms with Crippen LogP contribution < -0.4 is 5.32 Å². The van der Waals surface area contributed by atoms with Gasteiger partial charge >= 0.3 is 0 Å². The van der Waals surface area contributed by atoms with Crippen molar-refractivity contribution in [2.45, 2.75) is 26.4 Å². The minimum Gasteiger partial charge on any atom is -0.379 e. The van der Waals surface area contributed by atoms with Crippen LogP contribution in [0.2, 0.25) is 0 Å². The van der Waals surface area contributed by atoms with E-state index in [0.29, 0.717) is 6.54 Å². The highest BCUT2D eigenvalue weighted by Crippen LogP contribution is 2.10. The van der Waals surface area contributed by atoms with E-state index in [4.69, 9.17) is 0 Å². The summed E-state index contributed by atoms with van der Waals surface area (Å²) in [5.41, 5.74) is 2.01. The first-order valence-electron chi connectivity index (χ1n) is 7.02. The maximum Gasteiger partial charge on any atom is 0.152 e. The summed E-state index contributed by atoms with van der Waals surface area (Å²) in [7, 11) is -2.97. The van der Waals surface area contributed by atoms with Gasteiger partial charge in [-0.2, -0.15) is 5.10 Å². The standard InChI is InChI=1S/C15H21N3O2S/c1-3-21(19,20)12-13(2)17-15-9-16-18(11-15)10-14-7-5-4-6-8-14/h4-9,11,13,17H,3,10,12H2,1-2H3. The monoisotopic (exact) mass is 307 g/mol. The topological polar surface area (TPSA) is 64.0 Å². The second-order valence-corrected chi connectivity index (χ2v) is 7.55. The normalized spacial score (nSPS) is 13.0. The van der Waals surface area contributed by atoms with Crippen molar-refractivity contribution >= 4 is 15.5 Å². The molecule has 1 aromatic heterocycles. The van der Waals surface area contributed by atoms with E-state index in [1.54, 1.807) is 13.1 Å². The first kappa shape index (κ1) is 15.6. The van der Waals surface area contributed by atoms with E-state index in [2.05, 4.69) is 10.4 Å². The van der Waals surface area contributed by atoms with E-state index in [1.165, 1.54) is 5.56 Å². The lowest BCUT2D eigenvalue weighted by atomic mass is 10.2. The number of anilines is 1. The summed E-state index contributed by atoms with van der Waals surface area (Å²) < 4.78 is 25.0. The number of hydrogen-bond donors (Lipinski definition) is 1. The number of rotatable bonds is 7. The fourth-order valence-corrected chi connectivity index (χ4v) is 3.20. The molecule has 2 aromatic rings. The molecule has 0 saturated carbocycles. The van der Waals surface area contributed by atoms with Gasteiger partial charge in [-0.25, -0.2) is 8.42 Å². The SMILES string of the molecule is CCS(=O)(=O)CC(C)Nc1cnn(Cc2ccccc2)c1. The zero-order valence-corrected chi connectivity index (χ0v) is 13.2. The molecule has 1 N–H and O–H groups in total. The lowest BCUT2D eigenvalue weighted by Crippen LogP contribution is -2.26. The van der Waals surface area contributed by atoms with Crippen molar-refractivity contribution in [2.75, 3.05) is 16.8 Å². The van der Waals surface area contributed by atoms with Crippen LogP contribution in [0.4, 0.5) is 5.69 Å². The summed E-state index contributed by atoms with van der Waals surface area (Å²) in [6, 6.07) is 9.93. The molecule has 0 fully saturated rings. The van der Waals surface area contributed by atoms with Crippen LogP contribution in [0.5, 0.6) is 0 Å². The van der Waals surface area contributed by atoms with E-state index in [-0.39, 0.29) is 17.5 Å².